The molecule has 144 valence electrons. The standard InChI is InChI=1S/C18H33N5O.HI/c1-5-16-15(17(6-2)24-22-16)13-21-18(19-4)20-10-12-23-11-8-7-9-14(23)3;/h14H,5-13H2,1-4H3,(H2,19,20,21);1H. The highest BCUT2D eigenvalue weighted by molar-refractivity contribution is 14.0. The number of hydrogen-bond acceptors (Lipinski definition) is 4. The van der Waals surface area contributed by atoms with Crippen LogP contribution < -0.4 is 10.6 Å². The van der Waals surface area contributed by atoms with Crippen molar-refractivity contribution < 1.29 is 4.52 Å². The Morgan fingerprint density at radius 2 is 2.08 bits per heavy atom. The lowest BCUT2D eigenvalue weighted by Gasteiger charge is -2.33. The van der Waals surface area contributed by atoms with Gasteiger partial charge in [0.05, 0.1) is 5.69 Å². The molecule has 0 spiro atoms. The summed E-state index contributed by atoms with van der Waals surface area (Å²) in [6.07, 6.45) is 5.76. The van der Waals surface area contributed by atoms with E-state index in [2.05, 4.69) is 46.5 Å². The summed E-state index contributed by atoms with van der Waals surface area (Å²) in [7, 11) is 1.81. The number of halogens is 1. The minimum Gasteiger partial charge on any atom is -0.361 e. The number of likely N-dealkylation sites (tertiary alicyclic amines) is 1. The van der Waals surface area contributed by atoms with Crippen molar-refractivity contribution in [3.63, 3.8) is 0 Å². The van der Waals surface area contributed by atoms with Crippen molar-refractivity contribution in [1.82, 2.24) is 20.7 Å². The van der Waals surface area contributed by atoms with Gasteiger partial charge in [-0.1, -0.05) is 25.4 Å². The molecule has 1 aliphatic heterocycles. The van der Waals surface area contributed by atoms with Crippen LogP contribution in [-0.4, -0.2) is 48.7 Å². The van der Waals surface area contributed by atoms with E-state index in [9.17, 15) is 0 Å². The van der Waals surface area contributed by atoms with Gasteiger partial charge in [0.1, 0.15) is 5.76 Å². The minimum atomic E-state index is 0. The molecule has 0 aromatic carbocycles. The van der Waals surface area contributed by atoms with Crippen LogP contribution in [0.5, 0.6) is 0 Å². The van der Waals surface area contributed by atoms with Gasteiger partial charge in [-0.15, -0.1) is 24.0 Å². The van der Waals surface area contributed by atoms with Gasteiger partial charge in [-0.3, -0.25) is 9.89 Å². The van der Waals surface area contributed by atoms with Crippen molar-refractivity contribution in [2.24, 2.45) is 4.99 Å². The van der Waals surface area contributed by atoms with E-state index in [0.29, 0.717) is 12.6 Å². The summed E-state index contributed by atoms with van der Waals surface area (Å²) in [6, 6.07) is 0.701. The molecule has 0 saturated carbocycles. The quantitative estimate of drug-likeness (QED) is 0.370. The molecule has 1 saturated heterocycles. The summed E-state index contributed by atoms with van der Waals surface area (Å²) in [5, 5.41) is 11.0. The molecule has 25 heavy (non-hydrogen) atoms. The normalized spacial score (nSPS) is 18.7. The Balaban J connectivity index is 0.00000312. The van der Waals surface area contributed by atoms with Crippen molar-refractivity contribution in [3.05, 3.63) is 17.0 Å². The number of guanidine groups is 1. The molecular weight excluding hydrogens is 429 g/mol. The summed E-state index contributed by atoms with van der Waals surface area (Å²) in [6.45, 7) is 10.4. The number of aryl methyl sites for hydroxylation is 2. The predicted molar refractivity (Wildman–Crippen MR) is 114 cm³/mol. The average Bonchev–Trinajstić information content (AvgIpc) is 3.01. The van der Waals surface area contributed by atoms with Crippen LogP contribution in [0.2, 0.25) is 0 Å². The van der Waals surface area contributed by atoms with E-state index in [1.807, 2.05) is 7.05 Å². The van der Waals surface area contributed by atoms with E-state index in [1.165, 1.54) is 31.4 Å². The molecule has 1 atom stereocenters. The molecule has 2 N–H and O–H groups in total. The van der Waals surface area contributed by atoms with Crippen molar-refractivity contribution in [3.8, 4) is 0 Å². The molecule has 0 amide bonds. The Bertz CT molecular complexity index is 510. The molecule has 0 radical (unpaired) electrons. The number of aromatic nitrogens is 1. The zero-order chi connectivity index (χ0) is 17.4. The minimum absolute atomic E-state index is 0. The van der Waals surface area contributed by atoms with Gasteiger partial charge in [0.25, 0.3) is 0 Å². The van der Waals surface area contributed by atoms with Crippen LogP contribution in [0.15, 0.2) is 9.52 Å². The Labute approximate surface area is 169 Å². The Morgan fingerprint density at radius 3 is 2.72 bits per heavy atom. The van der Waals surface area contributed by atoms with Gasteiger partial charge in [0.15, 0.2) is 5.96 Å². The monoisotopic (exact) mass is 463 g/mol. The van der Waals surface area contributed by atoms with E-state index in [4.69, 9.17) is 4.52 Å². The maximum absolute atomic E-state index is 5.42. The second-order valence-corrected chi connectivity index (χ2v) is 6.47. The van der Waals surface area contributed by atoms with E-state index >= 15 is 0 Å². The highest BCUT2D eigenvalue weighted by Crippen LogP contribution is 2.16. The number of piperidine rings is 1. The Kier molecular flexibility index (Phi) is 10.4. The number of rotatable bonds is 7. The molecule has 7 heteroatoms. The largest absolute Gasteiger partial charge is 0.361 e. The Hall–Kier alpha value is -0.830. The summed E-state index contributed by atoms with van der Waals surface area (Å²) < 4.78 is 5.42. The van der Waals surface area contributed by atoms with Gasteiger partial charge in [0, 0.05) is 44.7 Å². The van der Waals surface area contributed by atoms with E-state index < -0.39 is 0 Å². The maximum atomic E-state index is 5.42. The van der Waals surface area contributed by atoms with Gasteiger partial charge in [-0.2, -0.15) is 0 Å². The third-order valence-corrected chi connectivity index (χ3v) is 4.90. The van der Waals surface area contributed by atoms with Crippen LogP contribution in [0, 0.1) is 0 Å². The SMILES string of the molecule is CCc1noc(CC)c1CNC(=NC)NCCN1CCCCC1C.I. The van der Waals surface area contributed by atoms with Crippen molar-refractivity contribution in [1.29, 1.82) is 0 Å². The van der Waals surface area contributed by atoms with Crippen molar-refractivity contribution in [2.45, 2.75) is 65.5 Å². The summed E-state index contributed by atoms with van der Waals surface area (Å²) in [5.74, 6) is 1.81. The fourth-order valence-corrected chi connectivity index (χ4v) is 3.34. The number of nitrogens with one attached hydrogen (secondary N) is 2. The highest BCUT2D eigenvalue weighted by Gasteiger charge is 2.17. The van der Waals surface area contributed by atoms with Crippen LogP contribution in [-0.2, 0) is 19.4 Å². The van der Waals surface area contributed by atoms with Crippen LogP contribution >= 0.6 is 24.0 Å². The van der Waals surface area contributed by atoms with Crippen LogP contribution in [0.4, 0.5) is 0 Å². The summed E-state index contributed by atoms with van der Waals surface area (Å²) in [5.41, 5.74) is 2.21. The van der Waals surface area contributed by atoms with Gasteiger partial charge in [-0.05, 0) is 32.7 Å². The lowest BCUT2D eigenvalue weighted by Crippen LogP contribution is -2.45. The number of aliphatic imine (C=N–C) groups is 1. The first-order valence-corrected chi connectivity index (χ1v) is 9.34. The second kappa shape index (κ2) is 11.7. The smallest absolute Gasteiger partial charge is 0.191 e. The maximum Gasteiger partial charge on any atom is 0.191 e. The zero-order valence-electron chi connectivity index (χ0n) is 16.1. The molecule has 1 unspecified atom stereocenters. The van der Waals surface area contributed by atoms with Crippen LogP contribution in [0.3, 0.4) is 0 Å². The molecule has 0 aliphatic carbocycles. The third kappa shape index (κ3) is 6.44. The summed E-state index contributed by atoms with van der Waals surface area (Å²) >= 11 is 0. The van der Waals surface area contributed by atoms with Gasteiger partial charge < -0.3 is 15.2 Å². The highest BCUT2D eigenvalue weighted by atomic mass is 127. The van der Waals surface area contributed by atoms with Crippen molar-refractivity contribution in [2.75, 3.05) is 26.7 Å². The Morgan fingerprint density at radius 1 is 1.28 bits per heavy atom. The fraction of sp³-hybridized carbons (Fsp3) is 0.778. The van der Waals surface area contributed by atoms with Gasteiger partial charge in [0.2, 0.25) is 0 Å². The molecule has 1 aliphatic rings. The fourth-order valence-electron chi connectivity index (χ4n) is 3.34. The molecule has 2 heterocycles. The molecule has 1 aromatic heterocycles. The first kappa shape index (κ1) is 22.2. The first-order valence-electron chi connectivity index (χ1n) is 9.34. The number of nitrogens with zero attached hydrogens (tertiary/aromatic N) is 3. The van der Waals surface area contributed by atoms with E-state index in [1.54, 1.807) is 0 Å². The molecule has 6 nitrogen and oxygen atoms in total. The molecule has 1 aromatic rings. The van der Waals surface area contributed by atoms with E-state index in [0.717, 1.165) is 43.3 Å². The lowest BCUT2D eigenvalue weighted by molar-refractivity contribution is 0.163. The zero-order valence-corrected chi connectivity index (χ0v) is 18.4. The molecular formula is C18H34IN5O. The van der Waals surface area contributed by atoms with Crippen molar-refractivity contribution >= 4 is 29.9 Å². The van der Waals surface area contributed by atoms with Gasteiger partial charge >= 0.3 is 0 Å². The van der Waals surface area contributed by atoms with Gasteiger partial charge in [-0.25, -0.2) is 0 Å². The second-order valence-electron chi connectivity index (χ2n) is 6.47. The molecule has 0 bridgehead atoms. The first-order chi connectivity index (χ1) is 11.7. The summed E-state index contributed by atoms with van der Waals surface area (Å²) in [4.78, 5) is 6.89. The van der Waals surface area contributed by atoms with E-state index in [-0.39, 0.29) is 24.0 Å². The predicted octanol–water partition coefficient (Wildman–Crippen LogP) is 2.96. The lowest BCUT2D eigenvalue weighted by atomic mass is 10.0. The molecule has 2 rings (SSSR count). The number of hydrogen-bond donors (Lipinski definition) is 2. The van der Waals surface area contributed by atoms with Crippen LogP contribution in [0.1, 0.15) is 57.1 Å². The average molecular weight is 463 g/mol. The third-order valence-electron chi connectivity index (χ3n) is 4.90. The molecule has 1 fully saturated rings. The topological polar surface area (TPSA) is 65.7 Å². The van der Waals surface area contributed by atoms with Crippen LogP contribution in [0.25, 0.3) is 0 Å².